The zero-order chi connectivity index (χ0) is 11.8. The van der Waals surface area contributed by atoms with E-state index in [9.17, 15) is 17.2 Å². The van der Waals surface area contributed by atoms with Gasteiger partial charge in [0.2, 0.25) is 10.0 Å². The Kier molecular flexibility index (Phi) is 3.61. The van der Waals surface area contributed by atoms with E-state index in [1.165, 1.54) is 13.1 Å². The van der Waals surface area contributed by atoms with E-state index in [1.807, 2.05) is 0 Å². The van der Waals surface area contributed by atoms with Crippen molar-refractivity contribution >= 4 is 32.6 Å². The van der Waals surface area contributed by atoms with E-state index in [1.54, 1.807) is 22.6 Å². The summed E-state index contributed by atoms with van der Waals surface area (Å²) in [5, 5.41) is 4.86. The predicted molar refractivity (Wildman–Crippen MR) is 58.0 cm³/mol. The topological polar surface area (TPSA) is 73.0 Å². The number of hydrogen-bond donors (Lipinski definition) is 1. The molecule has 0 radical (unpaired) electrons. The number of pyridine rings is 1. The van der Waals surface area contributed by atoms with Crippen LogP contribution in [0.15, 0.2) is 11.1 Å². The number of halogens is 3. The molecule has 0 aliphatic heterocycles. The zero-order valence-corrected chi connectivity index (χ0v) is 10.5. The average Bonchev–Trinajstić information content (AvgIpc) is 2.06. The standard InChI is InChI=1S/C7H7F2IN2O2S/c1-3-4(10)2-12-5(7(8)9)6(3)15(11,13)14/h2,7H,1H3,(H2,11,13,14). The minimum atomic E-state index is -4.18. The molecule has 0 aliphatic rings. The van der Waals surface area contributed by atoms with Crippen molar-refractivity contribution in [3.63, 3.8) is 0 Å². The maximum absolute atomic E-state index is 12.5. The van der Waals surface area contributed by atoms with Gasteiger partial charge in [-0.25, -0.2) is 22.3 Å². The maximum atomic E-state index is 12.5. The zero-order valence-electron chi connectivity index (χ0n) is 7.54. The Hall–Kier alpha value is -0.350. The van der Waals surface area contributed by atoms with Gasteiger partial charge < -0.3 is 0 Å². The van der Waals surface area contributed by atoms with Crippen molar-refractivity contribution in [3.05, 3.63) is 21.0 Å². The van der Waals surface area contributed by atoms with Gasteiger partial charge in [-0.1, -0.05) is 0 Å². The Labute approximate surface area is 99.1 Å². The van der Waals surface area contributed by atoms with Gasteiger partial charge in [0, 0.05) is 9.77 Å². The number of nitrogens with two attached hydrogens (primary N) is 1. The third kappa shape index (κ3) is 2.61. The van der Waals surface area contributed by atoms with Crippen LogP contribution in [0.2, 0.25) is 0 Å². The van der Waals surface area contributed by atoms with Crippen molar-refractivity contribution in [2.75, 3.05) is 0 Å². The van der Waals surface area contributed by atoms with Crippen LogP contribution in [0.4, 0.5) is 8.78 Å². The molecule has 4 nitrogen and oxygen atoms in total. The smallest absolute Gasteiger partial charge is 0.253 e. The number of rotatable bonds is 2. The molecule has 0 atom stereocenters. The Morgan fingerprint density at radius 3 is 2.47 bits per heavy atom. The summed E-state index contributed by atoms with van der Waals surface area (Å²) in [6.07, 6.45) is -1.78. The molecule has 0 spiro atoms. The van der Waals surface area contributed by atoms with Crippen molar-refractivity contribution < 1.29 is 17.2 Å². The third-order valence-corrected chi connectivity index (χ3v) is 3.91. The summed E-state index contributed by atoms with van der Waals surface area (Å²) in [5.41, 5.74) is -0.598. The molecule has 84 valence electrons. The minimum Gasteiger partial charge on any atom is -0.253 e. The molecule has 0 saturated heterocycles. The van der Waals surface area contributed by atoms with Crippen LogP contribution in [0.25, 0.3) is 0 Å². The summed E-state index contributed by atoms with van der Waals surface area (Å²) in [7, 11) is -4.18. The van der Waals surface area contributed by atoms with Gasteiger partial charge in [0.05, 0.1) is 0 Å². The van der Waals surface area contributed by atoms with Gasteiger partial charge in [0.15, 0.2) is 0 Å². The fourth-order valence-electron chi connectivity index (χ4n) is 1.10. The largest absolute Gasteiger partial charge is 0.281 e. The Morgan fingerprint density at radius 1 is 1.53 bits per heavy atom. The molecule has 15 heavy (non-hydrogen) atoms. The molecule has 0 unspecified atom stereocenters. The molecule has 0 aliphatic carbocycles. The van der Waals surface area contributed by atoms with E-state index >= 15 is 0 Å². The van der Waals surface area contributed by atoms with Crippen molar-refractivity contribution in [2.24, 2.45) is 5.14 Å². The number of sulfonamides is 1. The quantitative estimate of drug-likeness (QED) is 0.825. The van der Waals surface area contributed by atoms with E-state index in [2.05, 4.69) is 4.98 Å². The summed E-state index contributed by atoms with van der Waals surface area (Å²) in [5.74, 6) is 0. The fourth-order valence-corrected chi connectivity index (χ4v) is 2.66. The summed E-state index contributed by atoms with van der Waals surface area (Å²) in [4.78, 5) is 2.81. The van der Waals surface area contributed by atoms with Crippen LogP contribution in [0.3, 0.4) is 0 Å². The number of aromatic nitrogens is 1. The summed E-state index contributed by atoms with van der Waals surface area (Å²) >= 11 is 1.80. The molecule has 2 N–H and O–H groups in total. The molecule has 0 fully saturated rings. The number of nitrogens with zero attached hydrogens (tertiary/aromatic N) is 1. The van der Waals surface area contributed by atoms with Crippen LogP contribution in [-0.4, -0.2) is 13.4 Å². The lowest BCUT2D eigenvalue weighted by atomic mass is 10.2. The highest BCUT2D eigenvalue weighted by molar-refractivity contribution is 14.1. The van der Waals surface area contributed by atoms with E-state index in [-0.39, 0.29) is 5.56 Å². The second-order valence-corrected chi connectivity index (χ2v) is 5.45. The highest BCUT2D eigenvalue weighted by Gasteiger charge is 2.25. The van der Waals surface area contributed by atoms with E-state index in [0.29, 0.717) is 3.57 Å². The lowest BCUT2D eigenvalue weighted by Crippen LogP contribution is -2.18. The van der Waals surface area contributed by atoms with Crippen molar-refractivity contribution in [2.45, 2.75) is 18.2 Å². The maximum Gasteiger partial charge on any atom is 0.281 e. The lowest BCUT2D eigenvalue weighted by molar-refractivity contribution is 0.142. The monoisotopic (exact) mass is 348 g/mol. The normalized spacial score (nSPS) is 12.1. The first-order valence-corrected chi connectivity index (χ1v) is 6.33. The molecule has 1 aromatic rings. The first-order chi connectivity index (χ1) is 6.75. The van der Waals surface area contributed by atoms with E-state index < -0.39 is 27.0 Å². The average molecular weight is 348 g/mol. The second kappa shape index (κ2) is 4.26. The third-order valence-electron chi connectivity index (χ3n) is 1.74. The molecule has 0 saturated carbocycles. The summed E-state index contributed by atoms with van der Waals surface area (Å²) in [6.45, 7) is 1.41. The van der Waals surface area contributed by atoms with E-state index in [0.717, 1.165) is 0 Å². The van der Waals surface area contributed by atoms with Gasteiger partial charge in [-0.2, -0.15) is 0 Å². The SMILES string of the molecule is Cc1c(I)cnc(C(F)F)c1S(N)(=O)=O. The van der Waals surface area contributed by atoms with E-state index in [4.69, 9.17) is 5.14 Å². The Morgan fingerprint density at radius 2 is 2.07 bits per heavy atom. The van der Waals surface area contributed by atoms with Crippen LogP contribution in [0, 0.1) is 10.5 Å². The van der Waals surface area contributed by atoms with Gasteiger partial charge >= 0.3 is 0 Å². The van der Waals surface area contributed by atoms with Crippen LogP contribution in [0.1, 0.15) is 17.7 Å². The Balaban J connectivity index is 3.65. The molecule has 1 heterocycles. The van der Waals surface area contributed by atoms with Gasteiger partial charge in [0.1, 0.15) is 10.6 Å². The molecule has 0 bridgehead atoms. The van der Waals surface area contributed by atoms with Crippen LogP contribution in [-0.2, 0) is 10.0 Å². The van der Waals surface area contributed by atoms with Gasteiger partial charge in [-0.3, -0.25) is 4.98 Å². The van der Waals surface area contributed by atoms with Gasteiger partial charge in [-0.15, -0.1) is 0 Å². The molecule has 1 aromatic heterocycles. The summed E-state index contributed by atoms with van der Waals surface area (Å²) in [6, 6.07) is 0. The summed E-state index contributed by atoms with van der Waals surface area (Å²) < 4.78 is 47.7. The second-order valence-electron chi connectivity index (χ2n) is 2.79. The molecule has 0 aromatic carbocycles. The van der Waals surface area contributed by atoms with Gasteiger partial charge in [0.25, 0.3) is 6.43 Å². The number of alkyl halides is 2. The van der Waals surface area contributed by atoms with Crippen LogP contribution < -0.4 is 5.14 Å². The van der Waals surface area contributed by atoms with Crippen LogP contribution in [0.5, 0.6) is 0 Å². The van der Waals surface area contributed by atoms with Crippen molar-refractivity contribution in [1.82, 2.24) is 4.98 Å². The van der Waals surface area contributed by atoms with Gasteiger partial charge in [-0.05, 0) is 35.1 Å². The molecular weight excluding hydrogens is 341 g/mol. The number of primary sulfonamides is 1. The lowest BCUT2D eigenvalue weighted by Gasteiger charge is -2.10. The predicted octanol–water partition coefficient (Wildman–Crippen LogP) is 1.58. The number of hydrogen-bond acceptors (Lipinski definition) is 3. The molecular formula is C7H7F2IN2O2S. The van der Waals surface area contributed by atoms with Crippen molar-refractivity contribution in [1.29, 1.82) is 0 Å². The fraction of sp³-hybridized carbons (Fsp3) is 0.286. The highest BCUT2D eigenvalue weighted by atomic mass is 127. The first kappa shape index (κ1) is 12.7. The molecule has 1 rings (SSSR count). The molecule has 0 amide bonds. The van der Waals surface area contributed by atoms with Crippen LogP contribution >= 0.6 is 22.6 Å². The highest BCUT2D eigenvalue weighted by Crippen LogP contribution is 2.28. The van der Waals surface area contributed by atoms with Crippen molar-refractivity contribution in [3.8, 4) is 0 Å². The molecule has 8 heteroatoms. The minimum absolute atomic E-state index is 0.198. The first-order valence-electron chi connectivity index (χ1n) is 3.71. The Bertz CT molecular complexity index is 490.